The van der Waals surface area contributed by atoms with Gasteiger partial charge in [-0.2, -0.15) is 0 Å². The number of pyridine rings is 1. The summed E-state index contributed by atoms with van der Waals surface area (Å²) in [4.78, 5) is 29.2. The molecule has 3 aromatic heterocycles. The predicted molar refractivity (Wildman–Crippen MR) is 184 cm³/mol. The second kappa shape index (κ2) is 13.4. The summed E-state index contributed by atoms with van der Waals surface area (Å²) in [5.74, 6) is 1.73. The van der Waals surface area contributed by atoms with Crippen LogP contribution in [0.15, 0.2) is 35.0 Å². The van der Waals surface area contributed by atoms with Crippen LogP contribution in [0.4, 0.5) is 15.0 Å². The third-order valence-corrected chi connectivity index (χ3v) is 14.0. The molecule has 0 aliphatic carbocycles. The summed E-state index contributed by atoms with van der Waals surface area (Å²) in [5.41, 5.74) is 5.00. The van der Waals surface area contributed by atoms with Crippen molar-refractivity contribution in [3.8, 4) is 28.4 Å². The molecule has 14 heteroatoms. The summed E-state index contributed by atoms with van der Waals surface area (Å²) in [6.07, 6.45) is -0.325. The van der Waals surface area contributed by atoms with Crippen molar-refractivity contribution in [1.82, 2.24) is 25.0 Å². The third-order valence-electron chi connectivity index (χ3n) is 9.10. The molecule has 1 amide bonds. The van der Waals surface area contributed by atoms with Crippen LogP contribution in [0.2, 0.25) is 23.2 Å². The number of hydrogen-bond acceptors (Lipinski definition) is 9. The molecule has 1 N–H and O–H groups in total. The summed E-state index contributed by atoms with van der Waals surface area (Å²) in [6.45, 7) is 17.4. The fourth-order valence-corrected chi connectivity index (χ4v) is 6.97. The number of amides is 1. The Kier molecular flexibility index (Phi) is 9.87. The van der Waals surface area contributed by atoms with Crippen LogP contribution in [0, 0.1) is 26.6 Å². The monoisotopic (exact) mass is 696 g/mol. The zero-order chi connectivity index (χ0) is 35.1. The van der Waals surface area contributed by atoms with Crippen molar-refractivity contribution >= 4 is 31.8 Å². The van der Waals surface area contributed by atoms with E-state index < -0.39 is 20.5 Å². The lowest BCUT2D eigenvalue weighted by atomic mass is 10.0. The number of rotatable bonds is 10. The van der Waals surface area contributed by atoms with Crippen LogP contribution >= 0.6 is 11.6 Å². The van der Waals surface area contributed by atoms with Crippen molar-refractivity contribution in [3.05, 3.63) is 69.6 Å². The van der Waals surface area contributed by atoms with Crippen molar-refractivity contribution in [2.24, 2.45) is 0 Å². The van der Waals surface area contributed by atoms with Gasteiger partial charge in [-0.3, -0.25) is 4.98 Å². The Labute approximate surface area is 286 Å². The van der Waals surface area contributed by atoms with Gasteiger partial charge in [-0.15, -0.1) is 0 Å². The number of hydrogen-bond donors (Lipinski definition) is 1. The van der Waals surface area contributed by atoms with Gasteiger partial charge in [0.15, 0.2) is 14.1 Å². The second-order valence-corrected chi connectivity index (χ2v) is 18.9. The number of halogens is 2. The van der Waals surface area contributed by atoms with E-state index >= 15 is 0 Å². The van der Waals surface area contributed by atoms with Crippen LogP contribution in [-0.4, -0.2) is 70.8 Å². The average Bonchev–Trinajstić information content (AvgIpc) is 3.57. The lowest BCUT2D eigenvalue weighted by Crippen LogP contribution is -2.49. The lowest BCUT2D eigenvalue weighted by Gasteiger charge is -2.39. The SMILES string of the molecule is Cc1noc(C)c1-c1nc(-c2cc(OC[C@@H](CN(C)C(=O)O)O[Si](C)(C)C(C)(C)C)ccc2Cl)nc(N2Cc3cc(F)cnc3C2)c1C. The maximum absolute atomic E-state index is 14.0. The minimum Gasteiger partial charge on any atom is -0.491 e. The fraction of sp³-hybridized carbons (Fsp3) is 0.441. The molecular weight excluding hydrogens is 655 g/mol. The van der Waals surface area contributed by atoms with Crippen LogP contribution in [0.25, 0.3) is 22.6 Å². The first-order valence-electron chi connectivity index (χ1n) is 15.7. The Balaban J connectivity index is 1.52. The van der Waals surface area contributed by atoms with Crippen molar-refractivity contribution in [2.75, 3.05) is 25.1 Å². The maximum atomic E-state index is 14.0. The molecule has 1 aromatic carbocycles. The van der Waals surface area contributed by atoms with E-state index in [1.54, 1.807) is 18.2 Å². The molecule has 5 rings (SSSR count). The van der Waals surface area contributed by atoms with E-state index in [0.717, 1.165) is 22.4 Å². The lowest BCUT2D eigenvalue weighted by molar-refractivity contribution is 0.0794. The zero-order valence-electron chi connectivity index (χ0n) is 28.8. The standard InChI is InChI=1S/C34H42ClFN6O5Si/c1-19-30(29-20(2)40-46-21(29)3)38-31(39-32(19)42-15-22-12-23(36)14-37-28(22)17-42)26-13-24(10-11-27(26)35)45-18-25(16-41(7)33(43)44)47-48(8,9)34(4,5)6/h10-14,25H,15-18H2,1-9H3,(H,43,44)/t25-/m1/s1. The van der Waals surface area contributed by atoms with Gasteiger partial charge >= 0.3 is 6.09 Å². The van der Waals surface area contributed by atoms with Gasteiger partial charge in [-0.25, -0.2) is 19.2 Å². The van der Waals surface area contributed by atoms with Crippen LogP contribution in [0.5, 0.6) is 5.75 Å². The van der Waals surface area contributed by atoms with Gasteiger partial charge in [0.2, 0.25) is 0 Å². The summed E-state index contributed by atoms with van der Waals surface area (Å²) in [6, 6.07) is 6.74. The Hall–Kier alpha value is -4.07. The quantitative estimate of drug-likeness (QED) is 0.164. The van der Waals surface area contributed by atoms with Crippen molar-refractivity contribution in [2.45, 2.75) is 78.9 Å². The number of benzene rings is 1. The fourth-order valence-electron chi connectivity index (χ4n) is 5.43. The number of ether oxygens (including phenoxy) is 1. The van der Waals surface area contributed by atoms with E-state index in [4.69, 9.17) is 35.3 Å². The molecule has 0 saturated carbocycles. The highest BCUT2D eigenvalue weighted by Crippen LogP contribution is 2.40. The third kappa shape index (κ3) is 7.32. The topological polar surface area (TPSA) is 127 Å². The zero-order valence-corrected chi connectivity index (χ0v) is 30.6. The van der Waals surface area contributed by atoms with Crippen LogP contribution < -0.4 is 9.64 Å². The number of aryl methyl sites for hydroxylation is 2. The van der Waals surface area contributed by atoms with Gasteiger partial charge in [0, 0.05) is 24.7 Å². The summed E-state index contributed by atoms with van der Waals surface area (Å²) >= 11 is 6.79. The summed E-state index contributed by atoms with van der Waals surface area (Å²) in [5, 5.41) is 14.0. The first-order chi connectivity index (χ1) is 22.4. The minimum absolute atomic E-state index is 0.0825. The smallest absolute Gasteiger partial charge is 0.407 e. The van der Waals surface area contributed by atoms with Crippen molar-refractivity contribution in [3.63, 3.8) is 0 Å². The average molecular weight is 697 g/mol. The molecule has 0 radical (unpaired) electrons. The predicted octanol–water partition coefficient (Wildman–Crippen LogP) is 7.81. The number of likely N-dealkylation sites (N-methyl/N-ethyl adjacent to an activating group) is 1. The highest BCUT2D eigenvalue weighted by molar-refractivity contribution is 6.74. The molecule has 48 heavy (non-hydrogen) atoms. The number of aromatic nitrogens is 4. The normalized spacial score (nSPS) is 13.9. The van der Waals surface area contributed by atoms with E-state index in [-0.39, 0.29) is 24.0 Å². The Morgan fingerprint density at radius 3 is 2.56 bits per heavy atom. The molecule has 0 spiro atoms. The number of anilines is 1. The highest BCUT2D eigenvalue weighted by atomic mass is 35.5. The number of carboxylic acid groups (broad SMARTS) is 1. The maximum Gasteiger partial charge on any atom is 0.407 e. The molecule has 256 valence electrons. The molecule has 4 heterocycles. The molecule has 0 bridgehead atoms. The second-order valence-electron chi connectivity index (χ2n) is 13.8. The van der Waals surface area contributed by atoms with Gasteiger partial charge in [-0.05, 0) is 68.7 Å². The van der Waals surface area contributed by atoms with Gasteiger partial charge in [-0.1, -0.05) is 37.5 Å². The first-order valence-corrected chi connectivity index (χ1v) is 19.0. The van der Waals surface area contributed by atoms with E-state index in [2.05, 4.69) is 44.0 Å². The Bertz CT molecular complexity index is 1830. The molecule has 11 nitrogen and oxygen atoms in total. The van der Waals surface area contributed by atoms with Crippen LogP contribution in [0.1, 0.15) is 49.0 Å². The van der Waals surface area contributed by atoms with Gasteiger partial charge < -0.3 is 28.6 Å². The molecule has 1 aliphatic heterocycles. The summed E-state index contributed by atoms with van der Waals surface area (Å²) < 4.78 is 32.4. The van der Waals surface area contributed by atoms with Crippen LogP contribution in [0.3, 0.4) is 0 Å². The number of carbonyl (C=O) groups is 1. The van der Waals surface area contributed by atoms with E-state index in [1.165, 1.54) is 24.2 Å². The van der Waals surface area contributed by atoms with Gasteiger partial charge in [0.25, 0.3) is 0 Å². The molecular formula is C34H42ClFN6O5Si. The van der Waals surface area contributed by atoms with Gasteiger partial charge in [0.05, 0.1) is 53.1 Å². The number of fused-ring (bicyclic) bond motifs is 1. The van der Waals surface area contributed by atoms with E-state index in [9.17, 15) is 14.3 Å². The molecule has 0 fully saturated rings. The van der Waals surface area contributed by atoms with Crippen molar-refractivity contribution < 1.29 is 28.0 Å². The van der Waals surface area contributed by atoms with E-state index in [1.807, 2.05) is 25.7 Å². The Morgan fingerprint density at radius 1 is 1.19 bits per heavy atom. The first kappa shape index (κ1) is 35.2. The van der Waals surface area contributed by atoms with E-state index in [0.29, 0.717) is 58.2 Å². The van der Waals surface area contributed by atoms with Crippen molar-refractivity contribution in [1.29, 1.82) is 0 Å². The number of nitrogens with zero attached hydrogens (tertiary/aromatic N) is 6. The van der Waals surface area contributed by atoms with Gasteiger partial charge in [0.1, 0.15) is 29.8 Å². The molecule has 1 atom stereocenters. The largest absolute Gasteiger partial charge is 0.491 e. The summed E-state index contributed by atoms with van der Waals surface area (Å²) in [7, 11) is -0.744. The minimum atomic E-state index is -2.26. The molecule has 1 aliphatic rings. The molecule has 0 unspecified atom stereocenters. The molecule has 0 saturated heterocycles. The van der Waals surface area contributed by atoms with Crippen LogP contribution in [-0.2, 0) is 17.5 Å². The highest BCUT2D eigenvalue weighted by Gasteiger charge is 2.40. The Morgan fingerprint density at radius 2 is 1.92 bits per heavy atom. The molecule has 4 aromatic rings.